The van der Waals surface area contributed by atoms with Crippen molar-refractivity contribution in [2.24, 2.45) is 0 Å². The molecule has 5 nitrogen and oxygen atoms in total. The van der Waals surface area contributed by atoms with E-state index in [2.05, 4.69) is 15.0 Å². The van der Waals surface area contributed by atoms with Crippen LogP contribution in [0.4, 0.5) is 5.82 Å². The summed E-state index contributed by atoms with van der Waals surface area (Å²) >= 11 is 5.82. The van der Waals surface area contributed by atoms with Crippen LogP contribution in [0.15, 0.2) is 41.1 Å². The smallest absolute Gasteiger partial charge is 0.266 e. The van der Waals surface area contributed by atoms with Crippen LogP contribution in [0.5, 0.6) is 5.75 Å². The van der Waals surface area contributed by atoms with Crippen LogP contribution in [0.3, 0.4) is 0 Å². The highest BCUT2D eigenvalue weighted by Crippen LogP contribution is 2.18. The second kappa shape index (κ2) is 5.55. The Bertz CT molecular complexity index is 528. The Balaban J connectivity index is 1.95. The average Bonchev–Trinajstić information content (AvgIpc) is 2.81. The number of amides is 1. The summed E-state index contributed by atoms with van der Waals surface area (Å²) in [6.45, 7) is 1.64. The van der Waals surface area contributed by atoms with Crippen molar-refractivity contribution in [3.8, 4) is 5.75 Å². The van der Waals surface area contributed by atoms with Crippen molar-refractivity contribution in [2.45, 2.75) is 13.0 Å². The predicted octanol–water partition coefficient (Wildman–Crippen LogP) is 2.73. The van der Waals surface area contributed by atoms with Gasteiger partial charge in [-0.2, -0.15) is 0 Å². The molecule has 0 bridgehead atoms. The molecule has 0 aliphatic rings. The molecule has 0 radical (unpaired) electrons. The van der Waals surface area contributed by atoms with Gasteiger partial charge in [0.2, 0.25) is 0 Å². The predicted molar refractivity (Wildman–Crippen MR) is 66.7 cm³/mol. The maximum Gasteiger partial charge on any atom is 0.266 e. The number of carbonyl (C=O) groups is 1. The van der Waals surface area contributed by atoms with Gasteiger partial charge >= 0.3 is 0 Å². The number of hydrogen-bond donors (Lipinski definition) is 1. The van der Waals surface area contributed by atoms with E-state index in [1.165, 1.54) is 6.26 Å². The molecule has 6 heteroatoms. The molecule has 1 N–H and O–H groups in total. The zero-order valence-electron chi connectivity index (χ0n) is 9.59. The first-order valence-corrected chi connectivity index (χ1v) is 5.66. The van der Waals surface area contributed by atoms with Crippen molar-refractivity contribution in [2.75, 3.05) is 5.32 Å². The summed E-state index contributed by atoms with van der Waals surface area (Å²) in [5.41, 5.74) is 0. The van der Waals surface area contributed by atoms with Crippen molar-refractivity contribution < 1.29 is 14.1 Å². The number of rotatable bonds is 4. The fourth-order valence-corrected chi connectivity index (χ4v) is 1.48. The summed E-state index contributed by atoms with van der Waals surface area (Å²) in [7, 11) is 0. The molecule has 18 heavy (non-hydrogen) atoms. The molecule has 0 saturated heterocycles. The van der Waals surface area contributed by atoms with Crippen LogP contribution in [-0.2, 0) is 4.79 Å². The molecule has 1 aromatic carbocycles. The van der Waals surface area contributed by atoms with E-state index in [4.69, 9.17) is 16.3 Å². The fourth-order valence-electron chi connectivity index (χ4n) is 1.30. The van der Waals surface area contributed by atoms with E-state index in [-0.39, 0.29) is 5.91 Å². The lowest BCUT2D eigenvalue weighted by molar-refractivity contribution is -0.122. The summed E-state index contributed by atoms with van der Waals surface area (Å²) in [5, 5.41) is 6.68. The standard InChI is InChI=1S/C12H11ClN2O3/c1-8(12(16)14-11-5-6-17-15-11)18-10-4-2-3-9(13)7-10/h2-8H,1H3,(H,14,15,16)/t8-/m1/s1. The van der Waals surface area contributed by atoms with Gasteiger partial charge in [-0.1, -0.05) is 22.8 Å². The third kappa shape index (κ3) is 3.24. The lowest BCUT2D eigenvalue weighted by Gasteiger charge is -2.13. The van der Waals surface area contributed by atoms with Gasteiger partial charge in [-0.25, -0.2) is 0 Å². The fraction of sp³-hybridized carbons (Fsp3) is 0.167. The minimum Gasteiger partial charge on any atom is -0.481 e. The highest BCUT2D eigenvalue weighted by Gasteiger charge is 2.15. The zero-order valence-corrected chi connectivity index (χ0v) is 10.3. The highest BCUT2D eigenvalue weighted by molar-refractivity contribution is 6.30. The largest absolute Gasteiger partial charge is 0.481 e. The zero-order chi connectivity index (χ0) is 13.0. The number of carbonyl (C=O) groups excluding carboxylic acids is 1. The Morgan fingerprint density at radius 3 is 3.00 bits per heavy atom. The van der Waals surface area contributed by atoms with Crippen molar-refractivity contribution >= 4 is 23.3 Å². The second-order valence-electron chi connectivity index (χ2n) is 3.59. The maximum atomic E-state index is 11.7. The van der Waals surface area contributed by atoms with Gasteiger partial charge in [0.1, 0.15) is 12.0 Å². The molecule has 2 aromatic rings. The molecule has 0 unspecified atom stereocenters. The first-order chi connectivity index (χ1) is 8.65. The number of aromatic nitrogens is 1. The lowest BCUT2D eigenvalue weighted by atomic mass is 10.3. The van der Waals surface area contributed by atoms with Gasteiger partial charge in [0, 0.05) is 11.1 Å². The minimum absolute atomic E-state index is 0.316. The molecular weight excluding hydrogens is 256 g/mol. The van der Waals surface area contributed by atoms with Crippen molar-refractivity contribution in [1.29, 1.82) is 0 Å². The van der Waals surface area contributed by atoms with E-state index in [1.807, 2.05) is 0 Å². The Hall–Kier alpha value is -2.01. The summed E-state index contributed by atoms with van der Waals surface area (Å²) in [6.07, 6.45) is 0.707. The monoisotopic (exact) mass is 266 g/mol. The molecule has 0 saturated carbocycles. The van der Waals surface area contributed by atoms with E-state index in [1.54, 1.807) is 37.3 Å². The molecule has 1 amide bonds. The number of hydrogen-bond acceptors (Lipinski definition) is 4. The summed E-state index contributed by atoms with van der Waals surface area (Å²) < 4.78 is 10.1. The quantitative estimate of drug-likeness (QED) is 0.924. The Morgan fingerprint density at radius 1 is 1.50 bits per heavy atom. The Labute approximate surface area is 109 Å². The number of nitrogens with one attached hydrogen (secondary N) is 1. The summed E-state index contributed by atoms with van der Waals surface area (Å²) in [6, 6.07) is 8.39. The van der Waals surface area contributed by atoms with Crippen LogP contribution >= 0.6 is 11.6 Å². The van der Waals surface area contributed by atoms with E-state index >= 15 is 0 Å². The third-order valence-electron chi connectivity index (χ3n) is 2.17. The Morgan fingerprint density at radius 2 is 2.33 bits per heavy atom. The van der Waals surface area contributed by atoms with Gasteiger partial charge in [-0.05, 0) is 25.1 Å². The average molecular weight is 267 g/mol. The molecule has 0 spiro atoms. The molecular formula is C12H11ClN2O3. The molecule has 1 aromatic heterocycles. The molecule has 1 heterocycles. The van der Waals surface area contributed by atoms with E-state index < -0.39 is 6.10 Å². The van der Waals surface area contributed by atoms with Crippen LogP contribution in [0.2, 0.25) is 5.02 Å². The van der Waals surface area contributed by atoms with Gasteiger partial charge in [-0.3, -0.25) is 4.79 Å². The number of nitrogens with zero attached hydrogens (tertiary/aromatic N) is 1. The van der Waals surface area contributed by atoms with Crippen LogP contribution in [0.25, 0.3) is 0 Å². The number of ether oxygens (including phenoxy) is 1. The van der Waals surface area contributed by atoms with Crippen molar-refractivity contribution in [3.63, 3.8) is 0 Å². The van der Waals surface area contributed by atoms with Crippen LogP contribution < -0.4 is 10.1 Å². The van der Waals surface area contributed by atoms with Crippen LogP contribution in [-0.4, -0.2) is 17.2 Å². The van der Waals surface area contributed by atoms with Gasteiger partial charge in [0.05, 0.1) is 0 Å². The first kappa shape index (κ1) is 12.4. The molecule has 1 atom stereocenters. The van der Waals surface area contributed by atoms with E-state index in [9.17, 15) is 4.79 Å². The lowest BCUT2D eigenvalue weighted by Crippen LogP contribution is -2.30. The van der Waals surface area contributed by atoms with E-state index in [0.717, 1.165) is 0 Å². The SMILES string of the molecule is C[C@@H](Oc1cccc(Cl)c1)C(=O)Nc1ccon1. The van der Waals surface area contributed by atoms with E-state index in [0.29, 0.717) is 16.6 Å². The van der Waals surface area contributed by atoms with Gasteiger partial charge in [0.25, 0.3) is 5.91 Å². The van der Waals surface area contributed by atoms with Gasteiger partial charge in [-0.15, -0.1) is 0 Å². The third-order valence-corrected chi connectivity index (χ3v) is 2.40. The maximum absolute atomic E-state index is 11.7. The molecule has 2 rings (SSSR count). The number of benzene rings is 1. The van der Waals surface area contributed by atoms with Gasteiger partial charge < -0.3 is 14.6 Å². The normalized spacial score (nSPS) is 11.9. The topological polar surface area (TPSA) is 64.4 Å². The summed E-state index contributed by atoms with van der Waals surface area (Å²) in [4.78, 5) is 11.7. The second-order valence-corrected chi connectivity index (χ2v) is 4.03. The van der Waals surface area contributed by atoms with Crippen LogP contribution in [0.1, 0.15) is 6.92 Å². The van der Waals surface area contributed by atoms with Crippen LogP contribution in [0, 0.1) is 0 Å². The molecule has 0 fully saturated rings. The first-order valence-electron chi connectivity index (χ1n) is 5.28. The van der Waals surface area contributed by atoms with Gasteiger partial charge in [0.15, 0.2) is 11.9 Å². The van der Waals surface area contributed by atoms with Crippen molar-refractivity contribution in [1.82, 2.24) is 5.16 Å². The number of anilines is 1. The molecule has 0 aliphatic heterocycles. The Kier molecular flexibility index (Phi) is 3.84. The summed E-state index contributed by atoms with van der Waals surface area (Å²) in [5.74, 6) is 0.565. The molecule has 94 valence electrons. The minimum atomic E-state index is -0.667. The highest BCUT2D eigenvalue weighted by atomic mass is 35.5. The van der Waals surface area contributed by atoms with Crippen molar-refractivity contribution in [3.05, 3.63) is 41.6 Å². The molecule has 0 aliphatic carbocycles. The number of halogens is 1.